The van der Waals surface area contributed by atoms with Gasteiger partial charge in [0, 0.05) is 6.20 Å². The fourth-order valence-corrected chi connectivity index (χ4v) is 2.30. The number of hydrogen-bond acceptors (Lipinski definition) is 5. The second kappa shape index (κ2) is 7.45. The van der Waals surface area contributed by atoms with Gasteiger partial charge in [0.1, 0.15) is 18.2 Å². The molecule has 7 nitrogen and oxygen atoms in total. The number of carbonyl (C=O) groups is 2. The van der Waals surface area contributed by atoms with Gasteiger partial charge < -0.3 is 20.1 Å². The Morgan fingerprint density at radius 2 is 1.92 bits per heavy atom. The maximum Gasteiger partial charge on any atom is 0.346 e. The van der Waals surface area contributed by atoms with Gasteiger partial charge in [-0.15, -0.1) is 0 Å². The highest BCUT2D eigenvalue weighted by Crippen LogP contribution is 2.14. The summed E-state index contributed by atoms with van der Waals surface area (Å²) in [7, 11) is 0. The van der Waals surface area contributed by atoms with Crippen molar-refractivity contribution in [3.63, 3.8) is 0 Å². The van der Waals surface area contributed by atoms with Crippen LogP contribution in [-0.4, -0.2) is 21.6 Å². The van der Waals surface area contributed by atoms with Crippen LogP contribution in [0.4, 0.5) is 5.69 Å². The molecule has 0 saturated carbocycles. The lowest BCUT2D eigenvalue weighted by Gasteiger charge is -2.15. The number of nitrogens with two attached hydrogens (primary N) is 1. The van der Waals surface area contributed by atoms with Gasteiger partial charge in [-0.1, -0.05) is 37.3 Å². The maximum absolute atomic E-state index is 12.5. The molecule has 3 N–H and O–H groups in total. The monoisotopic (exact) mass is 330 g/mol. The lowest BCUT2D eigenvalue weighted by Crippen LogP contribution is -2.33. The van der Waals surface area contributed by atoms with Crippen molar-refractivity contribution in [2.45, 2.75) is 26.0 Å². The number of ether oxygens (including phenoxy) is 1. The number of benzene rings is 1. The van der Waals surface area contributed by atoms with Crippen LogP contribution in [0.1, 0.15) is 35.3 Å². The number of esters is 1. The molecule has 0 bridgehead atoms. The van der Waals surface area contributed by atoms with E-state index in [1.807, 2.05) is 6.07 Å². The van der Waals surface area contributed by atoms with E-state index in [-0.39, 0.29) is 24.3 Å². The summed E-state index contributed by atoms with van der Waals surface area (Å²) in [6.07, 6.45) is 1.46. The molecule has 0 aliphatic heterocycles. The molecule has 2 rings (SSSR count). The minimum atomic E-state index is -1.16. The lowest BCUT2D eigenvalue weighted by molar-refractivity contribution is -0.141. The fourth-order valence-electron chi connectivity index (χ4n) is 2.30. The SMILES string of the molecule is CCC(C(=O)O)n1ccc(N)c(C(=O)OCc2ccccc2)c1=O. The molecule has 1 atom stereocenters. The summed E-state index contributed by atoms with van der Waals surface area (Å²) < 4.78 is 6.11. The van der Waals surface area contributed by atoms with Crippen LogP contribution in [0.2, 0.25) is 0 Å². The topological polar surface area (TPSA) is 112 Å². The molecule has 2 aromatic rings. The Morgan fingerprint density at radius 1 is 1.25 bits per heavy atom. The normalized spacial score (nSPS) is 11.7. The first-order valence-corrected chi connectivity index (χ1v) is 7.40. The maximum atomic E-state index is 12.5. The van der Waals surface area contributed by atoms with Gasteiger partial charge in [0.15, 0.2) is 0 Å². The van der Waals surface area contributed by atoms with E-state index in [2.05, 4.69) is 0 Å². The minimum Gasteiger partial charge on any atom is -0.480 e. The van der Waals surface area contributed by atoms with E-state index >= 15 is 0 Å². The van der Waals surface area contributed by atoms with Crippen molar-refractivity contribution < 1.29 is 19.4 Å². The molecule has 1 aromatic carbocycles. The van der Waals surface area contributed by atoms with Crippen molar-refractivity contribution in [2.75, 3.05) is 5.73 Å². The number of aliphatic carboxylic acids is 1. The number of nitrogens with zero attached hydrogens (tertiary/aromatic N) is 1. The molecular weight excluding hydrogens is 312 g/mol. The molecule has 0 aliphatic carbocycles. The molecule has 0 spiro atoms. The third kappa shape index (κ3) is 3.62. The summed E-state index contributed by atoms with van der Waals surface area (Å²) in [5, 5.41) is 9.19. The van der Waals surface area contributed by atoms with Crippen LogP contribution in [0.15, 0.2) is 47.4 Å². The summed E-state index contributed by atoms with van der Waals surface area (Å²) >= 11 is 0. The van der Waals surface area contributed by atoms with Gasteiger partial charge in [-0.2, -0.15) is 0 Å². The average Bonchev–Trinajstić information content (AvgIpc) is 2.56. The van der Waals surface area contributed by atoms with Crippen molar-refractivity contribution in [2.24, 2.45) is 0 Å². The number of rotatable bonds is 6. The molecule has 0 amide bonds. The van der Waals surface area contributed by atoms with E-state index in [0.29, 0.717) is 0 Å². The van der Waals surface area contributed by atoms with Crippen LogP contribution in [0.3, 0.4) is 0 Å². The summed E-state index contributed by atoms with van der Waals surface area (Å²) in [6.45, 7) is 1.62. The van der Waals surface area contributed by atoms with Crippen LogP contribution in [0.5, 0.6) is 0 Å². The van der Waals surface area contributed by atoms with Crippen LogP contribution in [0, 0.1) is 0 Å². The quantitative estimate of drug-likeness (QED) is 0.782. The fraction of sp³-hybridized carbons (Fsp3) is 0.235. The van der Waals surface area contributed by atoms with Crippen molar-refractivity contribution >= 4 is 17.6 Å². The van der Waals surface area contributed by atoms with Gasteiger partial charge in [0.25, 0.3) is 5.56 Å². The largest absolute Gasteiger partial charge is 0.480 e. The van der Waals surface area contributed by atoms with Gasteiger partial charge in [0.2, 0.25) is 0 Å². The molecule has 0 saturated heterocycles. The molecule has 24 heavy (non-hydrogen) atoms. The van der Waals surface area contributed by atoms with Gasteiger partial charge in [-0.25, -0.2) is 9.59 Å². The molecule has 1 unspecified atom stereocenters. The zero-order chi connectivity index (χ0) is 17.7. The number of nitrogen functional groups attached to an aromatic ring is 1. The molecule has 0 fully saturated rings. The number of pyridine rings is 1. The predicted molar refractivity (Wildman–Crippen MR) is 87.6 cm³/mol. The molecular formula is C17H18N2O5. The van der Waals surface area contributed by atoms with E-state index < -0.39 is 23.5 Å². The van der Waals surface area contributed by atoms with Crippen LogP contribution in [0.25, 0.3) is 0 Å². The Morgan fingerprint density at radius 3 is 2.50 bits per heavy atom. The van der Waals surface area contributed by atoms with E-state index in [1.54, 1.807) is 31.2 Å². The Labute approximate surface area is 138 Å². The molecule has 1 aromatic heterocycles. The van der Waals surface area contributed by atoms with Crippen LogP contribution < -0.4 is 11.3 Å². The number of carboxylic acid groups (broad SMARTS) is 1. The highest BCUT2D eigenvalue weighted by atomic mass is 16.5. The highest BCUT2D eigenvalue weighted by molar-refractivity contribution is 5.94. The summed E-state index contributed by atoms with van der Waals surface area (Å²) in [5.74, 6) is -2.04. The Hall–Kier alpha value is -3.09. The van der Waals surface area contributed by atoms with E-state index in [4.69, 9.17) is 10.5 Å². The first-order chi connectivity index (χ1) is 11.5. The number of aromatic nitrogens is 1. The summed E-state index contributed by atoms with van der Waals surface area (Å²) in [4.78, 5) is 35.9. The summed E-state index contributed by atoms with van der Waals surface area (Å²) in [5.41, 5.74) is 5.30. The molecule has 1 heterocycles. The molecule has 0 aliphatic rings. The van der Waals surface area contributed by atoms with Crippen LogP contribution >= 0.6 is 0 Å². The minimum absolute atomic E-state index is 0.0103. The standard InChI is InChI=1S/C17H18N2O5/c1-2-13(16(21)22)19-9-8-12(18)14(15(19)20)17(23)24-10-11-6-4-3-5-7-11/h3-9,13H,2,10,18H2,1H3,(H,21,22). The molecule has 0 radical (unpaired) electrons. The van der Waals surface area contributed by atoms with Crippen molar-refractivity contribution in [1.29, 1.82) is 0 Å². The predicted octanol–water partition coefficient (Wildman–Crippen LogP) is 1.82. The smallest absolute Gasteiger partial charge is 0.346 e. The first-order valence-electron chi connectivity index (χ1n) is 7.40. The number of anilines is 1. The highest BCUT2D eigenvalue weighted by Gasteiger charge is 2.24. The van der Waals surface area contributed by atoms with E-state index in [1.165, 1.54) is 12.3 Å². The molecule has 126 valence electrons. The average molecular weight is 330 g/mol. The Kier molecular flexibility index (Phi) is 5.36. The summed E-state index contributed by atoms with van der Waals surface area (Å²) in [6, 6.07) is 9.23. The van der Waals surface area contributed by atoms with E-state index in [9.17, 15) is 19.5 Å². The van der Waals surface area contributed by atoms with Crippen molar-refractivity contribution in [1.82, 2.24) is 4.57 Å². The lowest BCUT2D eigenvalue weighted by atomic mass is 10.1. The zero-order valence-corrected chi connectivity index (χ0v) is 13.1. The van der Waals surface area contributed by atoms with Gasteiger partial charge in [0.05, 0.1) is 5.69 Å². The second-order valence-corrected chi connectivity index (χ2v) is 5.18. The number of carbonyl (C=O) groups excluding carboxylic acids is 1. The van der Waals surface area contributed by atoms with Crippen molar-refractivity contribution in [3.05, 3.63) is 64.1 Å². The second-order valence-electron chi connectivity index (χ2n) is 5.18. The van der Waals surface area contributed by atoms with Gasteiger partial charge >= 0.3 is 11.9 Å². The van der Waals surface area contributed by atoms with E-state index in [0.717, 1.165) is 10.1 Å². The Balaban J connectivity index is 2.30. The number of hydrogen-bond donors (Lipinski definition) is 2. The first kappa shape index (κ1) is 17.3. The van der Waals surface area contributed by atoms with Crippen LogP contribution in [-0.2, 0) is 16.1 Å². The third-order valence-corrected chi connectivity index (χ3v) is 3.58. The van der Waals surface area contributed by atoms with Gasteiger partial charge in [-0.3, -0.25) is 4.79 Å². The van der Waals surface area contributed by atoms with Crippen molar-refractivity contribution in [3.8, 4) is 0 Å². The van der Waals surface area contributed by atoms with Gasteiger partial charge in [-0.05, 0) is 18.1 Å². The molecule has 7 heteroatoms. The third-order valence-electron chi connectivity index (χ3n) is 3.58. The zero-order valence-electron chi connectivity index (χ0n) is 13.1. The number of carboxylic acids is 1. The Bertz CT molecular complexity index is 798.